The van der Waals surface area contributed by atoms with Gasteiger partial charge in [0.15, 0.2) is 5.11 Å². The molecule has 130 valence electrons. The molecule has 2 aromatic rings. The van der Waals surface area contributed by atoms with E-state index < -0.39 is 0 Å². The third-order valence-electron chi connectivity index (χ3n) is 4.57. The van der Waals surface area contributed by atoms with E-state index in [1.807, 2.05) is 0 Å². The van der Waals surface area contributed by atoms with Crippen LogP contribution >= 0.6 is 12.2 Å². The van der Waals surface area contributed by atoms with Crippen LogP contribution in [-0.2, 0) is 6.42 Å². The van der Waals surface area contributed by atoms with Crippen molar-refractivity contribution in [2.75, 3.05) is 5.32 Å². The molecule has 0 bridgehead atoms. The van der Waals surface area contributed by atoms with Crippen LogP contribution in [0.4, 0.5) is 5.69 Å². The van der Waals surface area contributed by atoms with Gasteiger partial charge in [-0.15, -0.1) is 0 Å². The molecule has 3 rings (SSSR count). The molecule has 0 radical (unpaired) electrons. The smallest absolute Gasteiger partial charge is 0.191 e. The molecule has 2 aromatic carbocycles. The zero-order valence-electron chi connectivity index (χ0n) is 14.9. The second-order valence-electron chi connectivity index (χ2n) is 6.77. The number of nitrogens with one attached hydrogen (secondary N) is 2. The van der Waals surface area contributed by atoms with Crippen LogP contribution < -0.4 is 10.7 Å². The molecule has 0 saturated heterocycles. The Morgan fingerprint density at radius 2 is 1.72 bits per heavy atom. The van der Waals surface area contributed by atoms with Gasteiger partial charge in [-0.25, -0.2) is 0 Å². The van der Waals surface area contributed by atoms with Crippen LogP contribution in [0.5, 0.6) is 0 Å². The van der Waals surface area contributed by atoms with Gasteiger partial charge in [0.05, 0.1) is 5.71 Å². The molecule has 0 spiro atoms. The third kappa shape index (κ3) is 4.67. The lowest BCUT2D eigenvalue weighted by atomic mass is 10.0. The van der Waals surface area contributed by atoms with Gasteiger partial charge in [-0.2, -0.15) is 5.10 Å². The summed E-state index contributed by atoms with van der Waals surface area (Å²) in [5.74, 6) is 0.529. The van der Waals surface area contributed by atoms with Gasteiger partial charge in [0.1, 0.15) is 0 Å². The van der Waals surface area contributed by atoms with Crippen LogP contribution in [0.1, 0.15) is 55.7 Å². The molecule has 1 aliphatic rings. The highest BCUT2D eigenvalue weighted by molar-refractivity contribution is 7.80. The van der Waals surface area contributed by atoms with Crippen LogP contribution in [0.2, 0.25) is 0 Å². The van der Waals surface area contributed by atoms with Gasteiger partial charge in [-0.3, -0.25) is 5.43 Å². The molecular weight excluding hydrogens is 326 g/mol. The number of anilines is 1. The van der Waals surface area contributed by atoms with Crippen molar-refractivity contribution in [1.82, 2.24) is 5.43 Å². The van der Waals surface area contributed by atoms with Gasteiger partial charge in [0.2, 0.25) is 0 Å². The van der Waals surface area contributed by atoms with Crippen molar-refractivity contribution in [3.8, 4) is 0 Å². The highest BCUT2D eigenvalue weighted by Crippen LogP contribution is 2.21. The van der Waals surface area contributed by atoms with Crippen molar-refractivity contribution in [2.24, 2.45) is 5.10 Å². The summed E-state index contributed by atoms with van der Waals surface area (Å²) >= 11 is 5.39. The minimum absolute atomic E-state index is 0.520. The van der Waals surface area contributed by atoms with Gasteiger partial charge >= 0.3 is 0 Å². The predicted molar refractivity (Wildman–Crippen MR) is 110 cm³/mol. The van der Waals surface area contributed by atoms with Gasteiger partial charge in [-0.05, 0) is 67.1 Å². The van der Waals surface area contributed by atoms with Crippen molar-refractivity contribution < 1.29 is 0 Å². The quantitative estimate of drug-likeness (QED) is 0.452. The average Bonchev–Trinajstić information content (AvgIpc) is 2.82. The van der Waals surface area contributed by atoms with Crippen molar-refractivity contribution in [3.63, 3.8) is 0 Å². The fourth-order valence-corrected chi connectivity index (χ4v) is 3.27. The second-order valence-corrected chi connectivity index (χ2v) is 7.17. The minimum atomic E-state index is 0.520. The van der Waals surface area contributed by atoms with Crippen LogP contribution in [0.3, 0.4) is 0 Å². The second kappa shape index (κ2) is 8.26. The monoisotopic (exact) mass is 351 g/mol. The van der Waals surface area contributed by atoms with Crippen molar-refractivity contribution in [1.29, 1.82) is 0 Å². The largest absolute Gasteiger partial charge is 0.331 e. The van der Waals surface area contributed by atoms with Crippen LogP contribution in [0, 0.1) is 0 Å². The highest BCUT2D eigenvalue weighted by Gasteiger charge is 2.13. The van der Waals surface area contributed by atoms with E-state index in [1.165, 1.54) is 23.1 Å². The molecule has 3 nitrogen and oxygen atoms in total. The molecule has 0 heterocycles. The molecule has 0 fully saturated rings. The lowest BCUT2D eigenvalue weighted by Crippen LogP contribution is -2.25. The molecule has 4 heteroatoms. The van der Waals surface area contributed by atoms with Crippen LogP contribution in [-0.4, -0.2) is 10.8 Å². The van der Waals surface area contributed by atoms with Gasteiger partial charge < -0.3 is 5.32 Å². The maximum absolute atomic E-state index is 5.39. The zero-order chi connectivity index (χ0) is 17.6. The summed E-state index contributed by atoms with van der Waals surface area (Å²) in [6, 6.07) is 16.9. The first kappa shape index (κ1) is 17.6. The molecule has 0 atom stereocenters. The Morgan fingerprint density at radius 1 is 1.00 bits per heavy atom. The molecule has 0 aliphatic heterocycles. The van der Waals surface area contributed by atoms with Crippen LogP contribution in [0.15, 0.2) is 53.6 Å². The number of rotatable bonds is 3. The number of hydrogen-bond acceptors (Lipinski definition) is 2. The van der Waals surface area contributed by atoms with E-state index >= 15 is 0 Å². The molecule has 0 unspecified atom stereocenters. The number of hydrogen-bond donors (Lipinski definition) is 2. The standard InChI is InChI=1S/C21H25N3S/c1-15(2)16-11-13-18(14-12-16)22-21(25)24-23-20-10-6-4-8-17-7-3-5-9-19(17)20/h3,5,7,9,11-15H,4,6,8,10H2,1-2H3,(H2,22,24,25)/b23-20+. The van der Waals surface area contributed by atoms with E-state index in [0.29, 0.717) is 11.0 Å². The number of benzene rings is 2. The summed E-state index contributed by atoms with van der Waals surface area (Å²) in [6.45, 7) is 4.38. The normalized spacial score (nSPS) is 15.6. The molecule has 0 aromatic heterocycles. The number of nitrogens with zero attached hydrogens (tertiary/aromatic N) is 1. The average molecular weight is 352 g/mol. The molecule has 2 N–H and O–H groups in total. The summed E-state index contributed by atoms with van der Waals surface area (Å²) in [4.78, 5) is 0. The Morgan fingerprint density at radius 3 is 2.48 bits per heavy atom. The van der Waals surface area contributed by atoms with Gasteiger partial charge in [0, 0.05) is 11.3 Å². The maximum atomic E-state index is 5.39. The van der Waals surface area contributed by atoms with Gasteiger partial charge in [-0.1, -0.05) is 50.2 Å². The fraction of sp³-hybridized carbons (Fsp3) is 0.333. The SMILES string of the molecule is CC(C)c1ccc(NC(=S)N/N=C2\CCCCc3ccccc32)cc1. The van der Waals surface area contributed by atoms with E-state index in [-0.39, 0.29) is 0 Å². The topological polar surface area (TPSA) is 36.4 Å². The van der Waals surface area contributed by atoms with E-state index in [4.69, 9.17) is 12.2 Å². The molecular formula is C21H25N3S. The number of fused-ring (bicyclic) bond motifs is 1. The summed E-state index contributed by atoms with van der Waals surface area (Å²) in [5, 5.41) is 8.31. The van der Waals surface area contributed by atoms with Crippen LogP contribution in [0.25, 0.3) is 0 Å². The summed E-state index contributed by atoms with van der Waals surface area (Å²) in [7, 11) is 0. The fourth-order valence-electron chi connectivity index (χ4n) is 3.11. The van der Waals surface area contributed by atoms with Gasteiger partial charge in [0.25, 0.3) is 0 Å². The predicted octanol–water partition coefficient (Wildman–Crippen LogP) is 5.23. The van der Waals surface area contributed by atoms with E-state index in [1.54, 1.807) is 0 Å². The Bertz CT molecular complexity index is 763. The molecule has 1 aliphatic carbocycles. The number of hydrazone groups is 1. The zero-order valence-corrected chi connectivity index (χ0v) is 15.7. The number of aryl methyl sites for hydroxylation is 1. The maximum Gasteiger partial charge on any atom is 0.191 e. The first-order valence-electron chi connectivity index (χ1n) is 8.95. The number of thiocarbonyl (C=S) groups is 1. The Hall–Kier alpha value is -2.20. The lowest BCUT2D eigenvalue weighted by Gasteiger charge is -2.11. The summed E-state index contributed by atoms with van der Waals surface area (Å²) in [5.41, 5.74) is 9.03. The van der Waals surface area contributed by atoms with E-state index in [2.05, 4.69) is 78.2 Å². The molecule has 0 amide bonds. The van der Waals surface area contributed by atoms with Crippen molar-refractivity contribution >= 4 is 28.7 Å². The van der Waals surface area contributed by atoms with Crippen molar-refractivity contribution in [2.45, 2.75) is 45.4 Å². The van der Waals surface area contributed by atoms with Crippen molar-refractivity contribution in [3.05, 3.63) is 65.2 Å². The summed E-state index contributed by atoms with van der Waals surface area (Å²) < 4.78 is 0. The van der Waals surface area contributed by atoms with E-state index in [0.717, 1.165) is 30.7 Å². The minimum Gasteiger partial charge on any atom is -0.331 e. The molecule has 0 saturated carbocycles. The Kier molecular flexibility index (Phi) is 5.82. The lowest BCUT2D eigenvalue weighted by molar-refractivity contribution is 0.774. The molecule has 25 heavy (non-hydrogen) atoms. The first-order chi connectivity index (χ1) is 12.1. The summed E-state index contributed by atoms with van der Waals surface area (Å²) in [6.07, 6.45) is 4.47. The first-order valence-corrected chi connectivity index (χ1v) is 9.36. The highest BCUT2D eigenvalue weighted by atomic mass is 32.1. The van der Waals surface area contributed by atoms with E-state index in [9.17, 15) is 0 Å². The Labute approximate surface area is 155 Å². The third-order valence-corrected chi connectivity index (χ3v) is 4.76. The Balaban J connectivity index is 1.66.